The minimum Gasteiger partial charge on any atom is -0.465 e. The Morgan fingerprint density at radius 2 is 1.94 bits per heavy atom. The molecule has 7 heteroatoms. The van der Waals surface area contributed by atoms with Gasteiger partial charge in [0.1, 0.15) is 5.82 Å². The van der Waals surface area contributed by atoms with Gasteiger partial charge in [-0.2, -0.15) is 10.2 Å². The van der Waals surface area contributed by atoms with Crippen molar-refractivity contribution in [3.8, 4) is 23.2 Å². The molecule has 0 unspecified atom stereocenters. The maximum atomic E-state index is 13.7. The lowest BCUT2D eigenvalue weighted by Crippen LogP contribution is -2.09. The Hall–Kier alpha value is -4.18. The zero-order valence-corrected chi connectivity index (χ0v) is 17.6. The fourth-order valence-electron chi connectivity index (χ4n) is 3.65. The Bertz CT molecular complexity index is 1340. The van der Waals surface area contributed by atoms with E-state index >= 15 is 0 Å². The van der Waals surface area contributed by atoms with Gasteiger partial charge in [0.15, 0.2) is 0 Å². The summed E-state index contributed by atoms with van der Waals surface area (Å²) in [6, 6.07) is 19.3. The number of para-hydroxylation sites is 1. The quantitative estimate of drug-likeness (QED) is 0.406. The molecule has 0 bridgehead atoms. The fourth-order valence-corrected chi connectivity index (χ4v) is 3.65. The molecule has 0 amide bonds. The minimum atomic E-state index is -0.453. The molecule has 0 aliphatic heterocycles. The Balaban J connectivity index is 1.75. The van der Waals surface area contributed by atoms with Crippen molar-refractivity contribution < 1.29 is 18.7 Å². The number of aromatic nitrogens is 2. The van der Waals surface area contributed by atoms with E-state index in [1.54, 1.807) is 12.1 Å². The second kappa shape index (κ2) is 8.90. The molecule has 0 saturated carbocycles. The standard InChI is InChI=1S/C25H20FN3O3/c1-3-32-25-28-22-6-4-5-20(24(30)31-2)23(22)29(25)15-16-7-9-17(10-8-16)21-13-19(26)12-11-18(21)14-27/h4-13H,3,15H2,1-2H3. The lowest BCUT2D eigenvalue weighted by molar-refractivity contribution is 0.0602. The lowest BCUT2D eigenvalue weighted by atomic mass is 9.99. The summed E-state index contributed by atoms with van der Waals surface area (Å²) in [4.78, 5) is 16.9. The van der Waals surface area contributed by atoms with Crippen molar-refractivity contribution in [3.05, 3.63) is 83.2 Å². The number of nitrogens with zero attached hydrogens (tertiary/aromatic N) is 3. The zero-order chi connectivity index (χ0) is 22.7. The summed E-state index contributed by atoms with van der Waals surface area (Å²) in [5.74, 6) is -0.852. The number of fused-ring (bicyclic) bond motifs is 1. The third-order valence-electron chi connectivity index (χ3n) is 5.12. The molecule has 6 nitrogen and oxygen atoms in total. The first kappa shape index (κ1) is 21.1. The topological polar surface area (TPSA) is 77.1 Å². The van der Waals surface area contributed by atoms with Gasteiger partial charge in [-0.25, -0.2) is 9.18 Å². The molecule has 32 heavy (non-hydrogen) atoms. The van der Waals surface area contributed by atoms with E-state index in [2.05, 4.69) is 11.1 Å². The van der Waals surface area contributed by atoms with Crippen molar-refractivity contribution in [1.82, 2.24) is 9.55 Å². The molecule has 0 atom stereocenters. The smallest absolute Gasteiger partial charge is 0.340 e. The van der Waals surface area contributed by atoms with Crippen LogP contribution in [0.25, 0.3) is 22.2 Å². The molecule has 1 aromatic heterocycles. The molecule has 0 N–H and O–H groups in total. The number of halogens is 1. The third kappa shape index (κ3) is 3.91. The SMILES string of the molecule is CCOc1nc2cccc(C(=O)OC)c2n1Cc1ccc(-c2cc(F)ccc2C#N)cc1. The molecule has 0 saturated heterocycles. The van der Waals surface area contributed by atoms with E-state index in [0.29, 0.717) is 46.9 Å². The van der Waals surface area contributed by atoms with Gasteiger partial charge in [-0.05, 0) is 48.4 Å². The van der Waals surface area contributed by atoms with Crippen LogP contribution in [-0.4, -0.2) is 29.2 Å². The van der Waals surface area contributed by atoms with Gasteiger partial charge in [0.05, 0.1) is 48.5 Å². The van der Waals surface area contributed by atoms with E-state index in [9.17, 15) is 14.4 Å². The van der Waals surface area contributed by atoms with Crippen LogP contribution >= 0.6 is 0 Å². The highest BCUT2D eigenvalue weighted by Gasteiger charge is 2.19. The largest absolute Gasteiger partial charge is 0.465 e. The highest BCUT2D eigenvalue weighted by atomic mass is 19.1. The van der Waals surface area contributed by atoms with Crippen LogP contribution in [0.15, 0.2) is 60.7 Å². The maximum absolute atomic E-state index is 13.7. The number of ether oxygens (including phenoxy) is 2. The molecule has 0 spiro atoms. The minimum absolute atomic E-state index is 0.397. The predicted molar refractivity (Wildman–Crippen MR) is 118 cm³/mol. The molecule has 4 aromatic rings. The summed E-state index contributed by atoms with van der Waals surface area (Å²) in [5, 5.41) is 9.33. The van der Waals surface area contributed by atoms with Gasteiger partial charge < -0.3 is 9.47 Å². The van der Waals surface area contributed by atoms with Crippen molar-refractivity contribution in [2.24, 2.45) is 0 Å². The van der Waals surface area contributed by atoms with Crippen molar-refractivity contribution in [2.45, 2.75) is 13.5 Å². The molecule has 0 aliphatic rings. The average molecular weight is 429 g/mol. The summed E-state index contributed by atoms with van der Waals surface area (Å²) < 4.78 is 26.2. The molecular formula is C25H20FN3O3. The zero-order valence-electron chi connectivity index (χ0n) is 17.6. The van der Waals surface area contributed by atoms with Crippen LogP contribution in [0, 0.1) is 17.1 Å². The molecule has 4 rings (SSSR count). The van der Waals surface area contributed by atoms with Crippen molar-refractivity contribution >= 4 is 17.0 Å². The van der Waals surface area contributed by atoms with E-state index in [4.69, 9.17) is 9.47 Å². The van der Waals surface area contributed by atoms with Crippen LogP contribution in [0.3, 0.4) is 0 Å². The Morgan fingerprint density at radius 3 is 2.62 bits per heavy atom. The van der Waals surface area contributed by atoms with Gasteiger partial charge in [-0.3, -0.25) is 4.57 Å². The summed E-state index contributed by atoms with van der Waals surface area (Å²) in [6.45, 7) is 2.69. The molecule has 160 valence electrons. The van der Waals surface area contributed by atoms with Crippen LogP contribution in [0.5, 0.6) is 6.01 Å². The van der Waals surface area contributed by atoms with Crippen LogP contribution < -0.4 is 4.74 Å². The monoisotopic (exact) mass is 429 g/mol. The van der Waals surface area contributed by atoms with E-state index in [0.717, 1.165) is 11.1 Å². The van der Waals surface area contributed by atoms with Crippen molar-refractivity contribution in [2.75, 3.05) is 13.7 Å². The molecule has 0 aliphatic carbocycles. The van der Waals surface area contributed by atoms with E-state index in [1.807, 2.05) is 41.8 Å². The van der Waals surface area contributed by atoms with Crippen molar-refractivity contribution in [1.29, 1.82) is 5.26 Å². The van der Waals surface area contributed by atoms with Crippen molar-refractivity contribution in [3.63, 3.8) is 0 Å². The number of hydrogen-bond donors (Lipinski definition) is 0. The maximum Gasteiger partial charge on any atom is 0.340 e. The van der Waals surface area contributed by atoms with Gasteiger partial charge in [-0.15, -0.1) is 0 Å². The number of carbonyl (C=O) groups is 1. The van der Waals surface area contributed by atoms with Gasteiger partial charge in [0.25, 0.3) is 6.01 Å². The number of methoxy groups -OCH3 is 1. The van der Waals surface area contributed by atoms with Gasteiger partial charge in [0.2, 0.25) is 0 Å². The van der Waals surface area contributed by atoms with E-state index in [-0.39, 0.29) is 0 Å². The number of hydrogen-bond acceptors (Lipinski definition) is 5. The molecule has 0 fully saturated rings. The number of imidazole rings is 1. The Morgan fingerprint density at radius 1 is 1.16 bits per heavy atom. The van der Waals surface area contributed by atoms with Crippen LogP contribution in [0.2, 0.25) is 0 Å². The number of carbonyl (C=O) groups excluding carboxylic acids is 1. The van der Waals surface area contributed by atoms with Crippen LogP contribution in [0.4, 0.5) is 4.39 Å². The molecule has 1 heterocycles. The Kier molecular flexibility index (Phi) is 5.86. The predicted octanol–water partition coefficient (Wildman–Crippen LogP) is 4.95. The molecular weight excluding hydrogens is 409 g/mol. The molecule has 0 radical (unpaired) electrons. The van der Waals surface area contributed by atoms with Crippen LogP contribution in [0.1, 0.15) is 28.4 Å². The number of rotatable bonds is 6. The normalized spacial score (nSPS) is 10.7. The number of nitriles is 1. The summed E-state index contributed by atoms with van der Waals surface area (Å²) in [7, 11) is 1.34. The molecule has 3 aromatic carbocycles. The lowest BCUT2D eigenvalue weighted by Gasteiger charge is -2.12. The summed E-state index contributed by atoms with van der Waals surface area (Å²) >= 11 is 0. The first-order valence-electron chi connectivity index (χ1n) is 10.0. The second-order valence-electron chi connectivity index (χ2n) is 7.08. The van der Waals surface area contributed by atoms with Crippen LogP contribution in [-0.2, 0) is 11.3 Å². The highest BCUT2D eigenvalue weighted by molar-refractivity contribution is 6.02. The van der Waals surface area contributed by atoms with Gasteiger partial charge >= 0.3 is 5.97 Å². The summed E-state index contributed by atoms with van der Waals surface area (Å²) in [5.41, 5.74) is 4.26. The number of esters is 1. The highest BCUT2D eigenvalue weighted by Crippen LogP contribution is 2.28. The fraction of sp³-hybridized carbons (Fsp3) is 0.160. The second-order valence-corrected chi connectivity index (χ2v) is 7.08. The summed E-state index contributed by atoms with van der Waals surface area (Å²) in [6.07, 6.45) is 0. The van der Waals surface area contributed by atoms with E-state index < -0.39 is 11.8 Å². The first-order chi connectivity index (χ1) is 15.5. The van der Waals surface area contributed by atoms with E-state index in [1.165, 1.54) is 25.3 Å². The third-order valence-corrected chi connectivity index (χ3v) is 5.12. The van der Waals surface area contributed by atoms with Gasteiger partial charge in [0, 0.05) is 5.56 Å². The average Bonchev–Trinajstić information content (AvgIpc) is 3.16. The van der Waals surface area contributed by atoms with Gasteiger partial charge in [-0.1, -0.05) is 30.3 Å². The number of benzene rings is 3. The first-order valence-corrected chi connectivity index (χ1v) is 10.0. The Labute approximate surface area is 184 Å².